The Hall–Kier alpha value is -1.42. The van der Waals surface area contributed by atoms with Gasteiger partial charge in [-0.1, -0.05) is 6.07 Å². The van der Waals surface area contributed by atoms with E-state index in [4.69, 9.17) is 5.26 Å². The van der Waals surface area contributed by atoms with E-state index in [9.17, 15) is 13.2 Å². The Morgan fingerprint density at radius 3 is 2.62 bits per heavy atom. The molecule has 0 spiro atoms. The predicted octanol–water partition coefficient (Wildman–Crippen LogP) is 0.594. The summed E-state index contributed by atoms with van der Waals surface area (Å²) in [5, 5.41) is 8.35. The summed E-state index contributed by atoms with van der Waals surface area (Å²) in [6, 6.07) is 2.32. The van der Waals surface area contributed by atoms with Crippen LogP contribution in [0.1, 0.15) is 11.3 Å². The van der Waals surface area contributed by atoms with E-state index < -0.39 is 11.9 Å². The van der Waals surface area contributed by atoms with Crippen molar-refractivity contribution in [2.45, 2.75) is 11.9 Å². The van der Waals surface area contributed by atoms with Crippen LogP contribution in [0.5, 0.6) is 0 Å². The van der Waals surface area contributed by atoms with Crippen molar-refractivity contribution in [1.29, 1.82) is 5.26 Å². The number of pyridine rings is 1. The molecule has 0 amide bonds. The van der Waals surface area contributed by atoms with Crippen LogP contribution in [0.4, 0.5) is 13.2 Å². The Bertz CT molecular complexity index is 431. The van der Waals surface area contributed by atoms with Crippen molar-refractivity contribution in [1.82, 2.24) is 4.98 Å². The van der Waals surface area contributed by atoms with Crippen LogP contribution in [0.2, 0.25) is 0 Å². The van der Waals surface area contributed by atoms with Gasteiger partial charge in [0.15, 0.2) is 5.26 Å². The topological polar surface area (TPSA) is 50.6 Å². The number of rotatable bonds is 2. The van der Waals surface area contributed by atoms with Crippen LogP contribution in [-0.2, 0) is 22.6 Å². The molecule has 1 aromatic heterocycles. The van der Waals surface area contributed by atoms with Crippen LogP contribution in [0, 0.1) is 11.5 Å². The summed E-state index contributed by atoms with van der Waals surface area (Å²) >= 11 is 0. The second-order valence-electron chi connectivity index (χ2n) is 3.04. The van der Waals surface area contributed by atoms with E-state index in [-0.39, 0.29) is 10.7 Å². The first-order valence-electron chi connectivity index (χ1n) is 4.23. The number of nitriles is 1. The fourth-order valence-electron chi connectivity index (χ4n) is 1.04. The van der Waals surface area contributed by atoms with E-state index in [0.29, 0.717) is 11.3 Å². The molecule has 0 aromatic carbocycles. The number of aromatic nitrogens is 1. The molecule has 0 aliphatic rings. The molecule has 1 unspecified atom stereocenters. The molecule has 7 heteroatoms. The molecular formula is C9H9F3N3S+. The largest absolute Gasteiger partial charge is 0.463 e. The van der Waals surface area contributed by atoms with Crippen LogP contribution in [-0.4, -0.2) is 11.2 Å². The van der Waals surface area contributed by atoms with E-state index in [2.05, 4.69) is 9.35 Å². The van der Waals surface area contributed by atoms with Crippen LogP contribution in [0.3, 0.4) is 0 Å². The standard InChI is InChI=1S/C9H8F3N3S/c1-16(15-6-13)5-7-2-3-8(14-4-7)9(10,11)12/h2-4H,5H2,1H3/p+1. The number of halogens is 3. The number of alkyl halides is 3. The zero-order valence-electron chi connectivity index (χ0n) is 8.38. The molecule has 0 radical (unpaired) electrons. The van der Waals surface area contributed by atoms with Gasteiger partial charge in [-0.25, -0.2) is 0 Å². The monoisotopic (exact) mass is 248 g/mol. The van der Waals surface area contributed by atoms with Crippen molar-refractivity contribution in [2.75, 3.05) is 6.26 Å². The summed E-state index contributed by atoms with van der Waals surface area (Å²) in [4.78, 5) is 3.33. The van der Waals surface area contributed by atoms with E-state index in [0.717, 1.165) is 6.07 Å². The minimum atomic E-state index is -4.41. The van der Waals surface area contributed by atoms with Crippen molar-refractivity contribution < 1.29 is 17.5 Å². The summed E-state index contributed by atoms with van der Waals surface area (Å²) in [5.74, 6) is 0.485. The second kappa shape index (κ2) is 5.07. The molecule has 0 saturated carbocycles. The van der Waals surface area contributed by atoms with E-state index in [1.807, 2.05) is 0 Å². The second-order valence-corrected chi connectivity index (χ2v) is 4.81. The molecule has 1 atom stereocenters. The molecular weight excluding hydrogens is 239 g/mol. The van der Waals surface area contributed by atoms with Gasteiger partial charge in [-0.05, 0) is 22.3 Å². The van der Waals surface area contributed by atoms with Gasteiger partial charge in [0.2, 0.25) is 0 Å². The number of hydrogen-bond donors (Lipinski definition) is 1. The Kier molecular flexibility index (Phi) is 4.01. The van der Waals surface area contributed by atoms with Gasteiger partial charge in [0.25, 0.3) is 0 Å². The average molecular weight is 248 g/mol. The van der Waals surface area contributed by atoms with Gasteiger partial charge in [0.1, 0.15) is 5.69 Å². The SMILES string of the molecule is CS(Cc1ccc(C(F)(F)F)nc1)=[NH+]C#N. The quantitative estimate of drug-likeness (QED) is 0.615. The van der Waals surface area contributed by atoms with Gasteiger partial charge in [0.05, 0.1) is 0 Å². The molecule has 1 N–H and O–H groups in total. The van der Waals surface area contributed by atoms with Gasteiger partial charge in [-0.15, -0.1) is 0 Å². The molecule has 1 rings (SSSR count). The van der Waals surface area contributed by atoms with Crippen LogP contribution >= 0.6 is 0 Å². The Morgan fingerprint density at radius 2 is 2.19 bits per heavy atom. The van der Waals surface area contributed by atoms with E-state index >= 15 is 0 Å². The Labute approximate surface area is 93.0 Å². The van der Waals surface area contributed by atoms with Gasteiger partial charge >= 0.3 is 12.4 Å². The molecule has 1 heterocycles. The third-order valence-corrected chi connectivity index (χ3v) is 2.92. The van der Waals surface area contributed by atoms with Crippen LogP contribution in [0.25, 0.3) is 0 Å². The van der Waals surface area contributed by atoms with Crippen molar-refractivity contribution in [3.8, 4) is 6.19 Å². The fourth-order valence-corrected chi connectivity index (χ4v) is 1.94. The molecule has 3 nitrogen and oxygen atoms in total. The van der Waals surface area contributed by atoms with Crippen LogP contribution in [0.15, 0.2) is 18.3 Å². The van der Waals surface area contributed by atoms with E-state index in [1.165, 1.54) is 12.3 Å². The lowest BCUT2D eigenvalue weighted by Gasteiger charge is -2.05. The van der Waals surface area contributed by atoms with Crippen LogP contribution < -0.4 is 4.36 Å². The lowest BCUT2D eigenvalue weighted by Crippen LogP contribution is -2.63. The molecule has 16 heavy (non-hydrogen) atoms. The minimum absolute atomic E-state index is 0.381. The number of hydrogen-bond acceptors (Lipinski definition) is 2. The first-order chi connectivity index (χ1) is 7.43. The van der Waals surface area contributed by atoms with Crippen molar-refractivity contribution in [2.24, 2.45) is 0 Å². The molecule has 0 aliphatic heterocycles. The molecule has 0 bridgehead atoms. The summed E-state index contributed by atoms with van der Waals surface area (Å²) < 4.78 is 39.1. The molecule has 1 aromatic rings. The predicted molar refractivity (Wildman–Crippen MR) is 52.8 cm³/mol. The smallest absolute Gasteiger partial charge is 0.251 e. The van der Waals surface area contributed by atoms with Crippen molar-refractivity contribution in [3.05, 3.63) is 29.6 Å². The summed E-state index contributed by atoms with van der Waals surface area (Å²) in [5.41, 5.74) is -0.234. The van der Waals surface area contributed by atoms with Crippen molar-refractivity contribution >= 4 is 10.7 Å². The maximum atomic E-state index is 12.2. The maximum absolute atomic E-state index is 12.2. The van der Waals surface area contributed by atoms with Crippen molar-refractivity contribution in [3.63, 3.8) is 0 Å². The normalized spacial score (nSPS) is 13.4. The van der Waals surface area contributed by atoms with Gasteiger partial charge in [-0.2, -0.15) is 17.5 Å². The first-order valence-corrected chi connectivity index (χ1v) is 6.03. The zero-order chi connectivity index (χ0) is 12.2. The number of nitrogens with zero attached hydrogens (tertiary/aromatic N) is 2. The number of nitrogens with one attached hydrogen (secondary N) is 1. The lowest BCUT2D eigenvalue weighted by atomic mass is 10.3. The third-order valence-electron chi connectivity index (χ3n) is 1.72. The Morgan fingerprint density at radius 1 is 1.50 bits per heavy atom. The lowest BCUT2D eigenvalue weighted by molar-refractivity contribution is -0.319. The highest BCUT2D eigenvalue weighted by Crippen LogP contribution is 2.27. The van der Waals surface area contributed by atoms with Gasteiger partial charge in [0, 0.05) is 18.2 Å². The summed E-state index contributed by atoms with van der Waals surface area (Å²) in [6.45, 7) is 0. The summed E-state index contributed by atoms with van der Waals surface area (Å²) in [7, 11) is -0.381. The maximum Gasteiger partial charge on any atom is 0.463 e. The minimum Gasteiger partial charge on any atom is -0.251 e. The van der Waals surface area contributed by atoms with E-state index in [1.54, 1.807) is 12.4 Å². The summed E-state index contributed by atoms with van der Waals surface area (Å²) in [6.07, 6.45) is 0.358. The molecule has 0 aliphatic carbocycles. The Balaban J connectivity index is 2.81. The average Bonchev–Trinajstić information content (AvgIpc) is 2.17. The highest BCUT2D eigenvalue weighted by atomic mass is 32.2. The highest BCUT2D eigenvalue weighted by Gasteiger charge is 2.31. The van der Waals surface area contributed by atoms with Gasteiger partial charge < -0.3 is 0 Å². The third kappa shape index (κ3) is 3.62. The molecule has 86 valence electrons. The zero-order valence-corrected chi connectivity index (χ0v) is 9.19. The molecule has 0 saturated heterocycles. The highest BCUT2D eigenvalue weighted by molar-refractivity contribution is 7.83. The first kappa shape index (κ1) is 12.6. The van der Waals surface area contributed by atoms with Gasteiger partial charge in [-0.3, -0.25) is 4.98 Å². The fraction of sp³-hybridized carbons (Fsp3) is 0.333. The molecule has 0 fully saturated rings.